The van der Waals surface area contributed by atoms with Crippen LogP contribution >= 0.6 is 25.3 Å². The van der Waals surface area contributed by atoms with Crippen molar-refractivity contribution >= 4 is 31.2 Å². The minimum Gasteiger partial charge on any atom is -0.342 e. The van der Waals surface area contributed by atoms with Crippen molar-refractivity contribution in [3.05, 3.63) is 0 Å². The molecule has 1 unspecified atom stereocenters. The van der Waals surface area contributed by atoms with E-state index >= 15 is 0 Å². The van der Waals surface area contributed by atoms with Gasteiger partial charge >= 0.3 is 0 Å². The van der Waals surface area contributed by atoms with Crippen LogP contribution in [0.25, 0.3) is 0 Å². The van der Waals surface area contributed by atoms with Gasteiger partial charge in [-0.05, 0) is 53.8 Å². The molecule has 1 aliphatic heterocycles. The van der Waals surface area contributed by atoms with Crippen LogP contribution in [0.5, 0.6) is 0 Å². The molecule has 1 saturated heterocycles. The number of thiol groups is 2. The van der Waals surface area contributed by atoms with E-state index in [2.05, 4.69) is 44.3 Å². The summed E-state index contributed by atoms with van der Waals surface area (Å²) in [6.07, 6.45) is 4.35. The normalized spacial score (nSPS) is 23.9. The van der Waals surface area contributed by atoms with Crippen molar-refractivity contribution in [2.24, 2.45) is 5.41 Å². The fraction of sp³-hybridized carbons (Fsp3) is 0.933. The van der Waals surface area contributed by atoms with E-state index < -0.39 is 5.41 Å². The van der Waals surface area contributed by atoms with Crippen molar-refractivity contribution in [3.8, 4) is 0 Å². The molecule has 20 heavy (non-hydrogen) atoms. The summed E-state index contributed by atoms with van der Waals surface area (Å²) >= 11 is 9.10. The van der Waals surface area contributed by atoms with E-state index in [-0.39, 0.29) is 10.7 Å². The van der Waals surface area contributed by atoms with Gasteiger partial charge in [-0.15, -0.1) is 0 Å². The maximum Gasteiger partial charge on any atom is 0.231 e. The molecular formula is C15H30N2OS2. The third-order valence-electron chi connectivity index (χ3n) is 4.48. The quantitative estimate of drug-likeness (QED) is 0.531. The Morgan fingerprint density at radius 2 is 1.95 bits per heavy atom. The van der Waals surface area contributed by atoms with Crippen molar-refractivity contribution in [2.45, 2.75) is 44.3 Å². The first kappa shape index (κ1) is 18.2. The van der Waals surface area contributed by atoms with E-state index in [1.807, 2.05) is 18.7 Å². The number of carbonyl (C=O) groups is 1. The molecule has 0 N–H and O–H groups in total. The van der Waals surface area contributed by atoms with Gasteiger partial charge in [0.05, 0.1) is 5.41 Å². The first-order valence-corrected chi connectivity index (χ1v) is 8.60. The Morgan fingerprint density at radius 1 is 1.30 bits per heavy atom. The van der Waals surface area contributed by atoms with Crippen molar-refractivity contribution < 1.29 is 4.79 Å². The van der Waals surface area contributed by atoms with Crippen LogP contribution in [0.4, 0.5) is 0 Å². The number of rotatable bonds is 8. The molecule has 118 valence electrons. The molecule has 1 atom stereocenters. The lowest BCUT2D eigenvalue weighted by Gasteiger charge is -2.38. The lowest BCUT2D eigenvalue weighted by Crippen LogP contribution is -2.48. The predicted molar refractivity (Wildman–Crippen MR) is 93.0 cm³/mol. The van der Waals surface area contributed by atoms with Crippen molar-refractivity contribution in [1.29, 1.82) is 0 Å². The molecule has 0 aliphatic carbocycles. The second kappa shape index (κ2) is 7.41. The number of unbranched alkanes of at least 4 members (excludes halogenated alkanes) is 2. The Kier molecular flexibility index (Phi) is 6.74. The topological polar surface area (TPSA) is 23.6 Å². The maximum absolute atomic E-state index is 12.7. The third-order valence-corrected chi connectivity index (χ3v) is 5.45. The molecule has 1 fully saturated rings. The zero-order valence-electron chi connectivity index (χ0n) is 13.4. The van der Waals surface area contributed by atoms with E-state index in [4.69, 9.17) is 0 Å². The molecule has 0 spiro atoms. The number of likely N-dealkylation sites (tertiary alicyclic amines) is 1. The number of hydrogen-bond acceptors (Lipinski definition) is 4. The van der Waals surface area contributed by atoms with Gasteiger partial charge in [-0.1, -0.05) is 6.42 Å². The predicted octanol–water partition coefficient (Wildman–Crippen LogP) is 2.58. The minimum atomic E-state index is -0.400. The average Bonchev–Trinajstić information content (AvgIpc) is 2.66. The van der Waals surface area contributed by atoms with Crippen LogP contribution in [0.15, 0.2) is 0 Å². The molecule has 0 aromatic carbocycles. The minimum absolute atomic E-state index is 0.250. The van der Waals surface area contributed by atoms with E-state index in [0.717, 1.165) is 32.5 Å². The number of nitrogens with zero attached hydrogens (tertiary/aromatic N) is 2. The molecule has 1 aliphatic rings. The molecule has 1 amide bonds. The largest absolute Gasteiger partial charge is 0.342 e. The van der Waals surface area contributed by atoms with Crippen LogP contribution in [0.3, 0.4) is 0 Å². The third kappa shape index (κ3) is 4.08. The Hall–Kier alpha value is 0.130. The highest BCUT2D eigenvalue weighted by Gasteiger charge is 2.53. The lowest BCUT2D eigenvalue weighted by atomic mass is 9.76. The summed E-state index contributed by atoms with van der Waals surface area (Å²) in [6, 6.07) is 0. The van der Waals surface area contributed by atoms with E-state index in [1.54, 1.807) is 0 Å². The van der Waals surface area contributed by atoms with Gasteiger partial charge in [-0.2, -0.15) is 25.3 Å². The van der Waals surface area contributed by atoms with E-state index in [9.17, 15) is 4.79 Å². The molecule has 5 heteroatoms. The number of amides is 1. The van der Waals surface area contributed by atoms with E-state index in [1.165, 1.54) is 12.8 Å². The highest BCUT2D eigenvalue weighted by molar-refractivity contribution is 7.82. The van der Waals surface area contributed by atoms with Crippen LogP contribution < -0.4 is 0 Å². The highest BCUT2D eigenvalue weighted by atomic mass is 32.1. The maximum atomic E-state index is 12.7. The van der Waals surface area contributed by atoms with Crippen molar-refractivity contribution in [1.82, 2.24) is 9.80 Å². The van der Waals surface area contributed by atoms with Gasteiger partial charge in [0.25, 0.3) is 0 Å². The monoisotopic (exact) mass is 318 g/mol. The number of carbonyl (C=O) groups excluding carboxylic acids is 1. The fourth-order valence-corrected chi connectivity index (χ4v) is 3.97. The molecular weight excluding hydrogens is 288 g/mol. The standard InChI is InChI=1S/C15H30N2OS2/c1-14(2,20)15(12-19)8-11-17(13(15)18)10-7-5-6-9-16(3)4/h19-20H,5-12H2,1-4H3. The lowest BCUT2D eigenvalue weighted by molar-refractivity contribution is -0.136. The van der Waals surface area contributed by atoms with Gasteiger partial charge in [-0.3, -0.25) is 4.79 Å². The molecule has 0 saturated carbocycles. The second-order valence-electron chi connectivity index (χ2n) is 6.71. The summed E-state index contributed by atoms with van der Waals surface area (Å²) in [5, 5.41) is 0. The van der Waals surface area contributed by atoms with Gasteiger partial charge in [0.15, 0.2) is 0 Å². The Bertz CT molecular complexity index is 328. The van der Waals surface area contributed by atoms with Gasteiger partial charge in [-0.25, -0.2) is 0 Å². The fourth-order valence-electron chi connectivity index (χ4n) is 2.87. The summed E-state index contributed by atoms with van der Waals surface area (Å²) < 4.78 is -0.314. The molecule has 0 bridgehead atoms. The molecule has 0 aromatic heterocycles. The first-order chi connectivity index (χ1) is 9.24. The summed E-state index contributed by atoms with van der Waals surface area (Å²) in [6.45, 7) is 6.93. The van der Waals surface area contributed by atoms with E-state index in [0.29, 0.717) is 5.75 Å². The first-order valence-electron chi connectivity index (χ1n) is 7.52. The second-order valence-corrected chi connectivity index (χ2v) is 8.14. The Balaban J connectivity index is 2.46. The molecule has 0 radical (unpaired) electrons. The highest BCUT2D eigenvalue weighted by Crippen LogP contribution is 2.46. The van der Waals surface area contributed by atoms with Crippen LogP contribution in [-0.2, 0) is 4.79 Å². The van der Waals surface area contributed by atoms with Gasteiger partial charge in [0.2, 0.25) is 5.91 Å². The zero-order valence-corrected chi connectivity index (χ0v) is 15.1. The summed E-state index contributed by atoms with van der Waals surface area (Å²) in [5.41, 5.74) is -0.400. The number of hydrogen-bond donors (Lipinski definition) is 2. The smallest absolute Gasteiger partial charge is 0.231 e. The summed E-state index contributed by atoms with van der Waals surface area (Å²) in [5.74, 6) is 0.833. The van der Waals surface area contributed by atoms with Crippen molar-refractivity contribution in [3.63, 3.8) is 0 Å². The van der Waals surface area contributed by atoms with Crippen molar-refractivity contribution in [2.75, 3.05) is 39.5 Å². The van der Waals surface area contributed by atoms with Gasteiger partial charge < -0.3 is 9.80 Å². The van der Waals surface area contributed by atoms with Crippen LogP contribution in [-0.4, -0.2) is 59.9 Å². The molecule has 0 aromatic rings. The Labute approximate surface area is 135 Å². The zero-order chi connectivity index (χ0) is 15.4. The van der Waals surface area contributed by atoms with Crippen LogP contribution in [0.1, 0.15) is 39.5 Å². The van der Waals surface area contributed by atoms with Crippen LogP contribution in [0, 0.1) is 5.41 Å². The average molecular weight is 319 g/mol. The molecule has 1 heterocycles. The summed E-state index contributed by atoms with van der Waals surface area (Å²) in [4.78, 5) is 16.9. The van der Waals surface area contributed by atoms with Crippen LogP contribution in [0.2, 0.25) is 0 Å². The van der Waals surface area contributed by atoms with Gasteiger partial charge in [0, 0.05) is 23.6 Å². The molecule has 3 nitrogen and oxygen atoms in total. The summed E-state index contributed by atoms with van der Waals surface area (Å²) in [7, 11) is 4.19. The van der Waals surface area contributed by atoms with Gasteiger partial charge in [0.1, 0.15) is 0 Å². The Morgan fingerprint density at radius 3 is 2.40 bits per heavy atom. The SMILES string of the molecule is CN(C)CCCCCN1CCC(CS)(C(C)(C)S)C1=O. The molecule has 1 rings (SSSR count).